The molecule has 0 bridgehead atoms. The first-order valence-electron chi connectivity index (χ1n) is 5.96. The van der Waals surface area contributed by atoms with Crippen molar-refractivity contribution in [3.05, 3.63) is 21.3 Å². The van der Waals surface area contributed by atoms with Crippen LogP contribution in [0.4, 0.5) is 17.8 Å². The van der Waals surface area contributed by atoms with Gasteiger partial charge in [0.2, 0.25) is 17.8 Å². The summed E-state index contributed by atoms with van der Waals surface area (Å²) < 4.78 is 0.796. The number of rotatable bonds is 6. The summed E-state index contributed by atoms with van der Waals surface area (Å²) in [7, 11) is 3.71. The summed E-state index contributed by atoms with van der Waals surface area (Å²) in [5.74, 6) is 6.69. The summed E-state index contributed by atoms with van der Waals surface area (Å²) in [5.41, 5.74) is 2.43. The van der Waals surface area contributed by atoms with Gasteiger partial charge in [-0.05, 0) is 18.6 Å². The van der Waals surface area contributed by atoms with Gasteiger partial charge in [-0.1, -0.05) is 11.6 Å². The number of aromatic nitrogens is 3. The molecule has 0 aliphatic heterocycles. The van der Waals surface area contributed by atoms with Crippen molar-refractivity contribution in [1.82, 2.24) is 15.0 Å². The fourth-order valence-electron chi connectivity index (χ4n) is 1.49. The molecule has 20 heavy (non-hydrogen) atoms. The number of hydrazine groups is 1. The highest BCUT2D eigenvalue weighted by atomic mass is 35.5. The lowest BCUT2D eigenvalue weighted by atomic mass is 10.3. The van der Waals surface area contributed by atoms with E-state index in [1.54, 1.807) is 16.2 Å². The average molecular weight is 314 g/mol. The SMILES string of the molecule is CN(C)c1nc(NN)nc(NCCc2ccc(Cl)s2)n1. The number of nitrogens with one attached hydrogen (secondary N) is 2. The topological polar surface area (TPSA) is 92.0 Å². The van der Waals surface area contributed by atoms with E-state index in [0.717, 1.165) is 10.8 Å². The largest absolute Gasteiger partial charge is 0.354 e. The standard InChI is InChI=1S/C11H16ClN7S/c1-19(2)11-16-9(15-10(17-11)18-13)14-6-5-7-3-4-8(12)20-7/h3-4H,5-6,13H2,1-2H3,(H2,14,15,16,17,18). The van der Waals surface area contributed by atoms with Crippen molar-refractivity contribution in [3.63, 3.8) is 0 Å². The van der Waals surface area contributed by atoms with E-state index in [1.807, 2.05) is 26.2 Å². The Bertz CT molecular complexity index is 572. The molecule has 0 aliphatic carbocycles. The molecule has 0 radical (unpaired) electrons. The fraction of sp³-hybridized carbons (Fsp3) is 0.364. The molecule has 0 spiro atoms. The average Bonchev–Trinajstić information content (AvgIpc) is 2.84. The molecule has 0 atom stereocenters. The van der Waals surface area contributed by atoms with Crippen LogP contribution in [-0.2, 0) is 6.42 Å². The number of nitrogens with zero attached hydrogens (tertiary/aromatic N) is 4. The first-order valence-corrected chi connectivity index (χ1v) is 7.16. The van der Waals surface area contributed by atoms with Gasteiger partial charge in [-0.25, -0.2) is 5.84 Å². The Hall–Kier alpha value is -1.64. The number of hydrogen-bond donors (Lipinski definition) is 3. The minimum atomic E-state index is 0.324. The summed E-state index contributed by atoms with van der Waals surface area (Å²) in [5, 5.41) is 3.15. The Labute approximate surface area is 126 Å². The van der Waals surface area contributed by atoms with Gasteiger partial charge in [-0.2, -0.15) is 15.0 Å². The van der Waals surface area contributed by atoms with Gasteiger partial charge in [0.05, 0.1) is 4.34 Å². The zero-order valence-electron chi connectivity index (χ0n) is 11.2. The maximum atomic E-state index is 5.89. The molecule has 2 aromatic heterocycles. The molecule has 0 amide bonds. The van der Waals surface area contributed by atoms with Crippen LogP contribution in [0, 0.1) is 0 Å². The molecule has 2 rings (SSSR count). The van der Waals surface area contributed by atoms with E-state index in [4.69, 9.17) is 17.4 Å². The second kappa shape index (κ2) is 6.69. The van der Waals surface area contributed by atoms with Gasteiger partial charge < -0.3 is 10.2 Å². The lowest BCUT2D eigenvalue weighted by molar-refractivity contribution is 0.931. The molecule has 4 N–H and O–H groups in total. The highest BCUT2D eigenvalue weighted by molar-refractivity contribution is 7.16. The molecule has 0 fully saturated rings. The van der Waals surface area contributed by atoms with Gasteiger partial charge in [0.1, 0.15) is 0 Å². The molecule has 0 saturated heterocycles. The third-order valence-corrected chi connectivity index (χ3v) is 3.73. The minimum absolute atomic E-state index is 0.324. The third kappa shape index (κ3) is 3.92. The van der Waals surface area contributed by atoms with E-state index in [9.17, 15) is 0 Å². The maximum Gasteiger partial charge on any atom is 0.243 e. The van der Waals surface area contributed by atoms with Gasteiger partial charge in [0, 0.05) is 25.5 Å². The number of halogens is 1. The predicted octanol–water partition coefficient (Wildman–Crippen LogP) is 1.59. The molecule has 2 heterocycles. The van der Waals surface area contributed by atoms with Crippen LogP contribution in [0.25, 0.3) is 0 Å². The first kappa shape index (κ1) is 14.8. The molecule has 2 aromatic rings. The Balaban J connectivity index is 1.99. The van der Waals surface area contributed by atoms with Gasteiger partial charge >= 0.3 is 0 Å². The van der Waals surface area contributed by atoms with Gasteiger partial charge in [0.15, 0.2) is 0 Å². The van der Waals surface area contributed by atoms with Crippen molar-refractivity contribution >= 4 is 40.8 Å². The predicted molar refractivity (Wildman–Crippen MR) is 83.5 cm³/mol. The zero-order valence-corrected chi connectivity index (χ0v) is 12.8. The van der Waals surface area contributed by atoms with Gasteiger partial charge in [-0.15, -0.1) is 11.3 Å². The summed E-state index contributed by atoms with van der Waals surface area (Å²) in [6, 6.07) is 3.91. The summed E-state index contributed by atoms with van der Waals surface area (Å²) >= 11 is 7.46. The van der Waals surface area contributed by atoms with Crippen molar-refractivity contribution in [3.8, 4) is 0 Å². The van der Waals surface area contributed by atoms with E-state index < -0.39 is 0 Å². The van der Waals surface area contributed by atoms with E-state index >= 15 is 0 Å². The van der Waals surface area contributed by atoms with Crippen LogP contribution in [0.1, 0.15) is 4.88 Å². The van der Waals surface area contributed by atoms with E-state index in [-0.39, 0.29) is 0 Å². The quantitative estimate of drug-likeness (QED) is 0.551. The zero-order chi connectivity index (χ0) is 14.5. The number of anilines is 3. The number of thiophene rings is 1. The first-order chi connectivity index (χ1) is 9.58. The van der Waals surface area contributed by atoms with Crippen LogP contribution in [-0.4, -0.2) is 35.6 Å². The monoisotopic (exact) mass is 313 g/mol. The molecular weight excluding hydrogens is 298 g/mol. The van der Waals surface area contributed by atoms with Crippen molar-refractivity contribution in [2.24, 2.45) is 5.84 Å². The maximum absolute atomic E-state index is 5.89. The van der Waals surface area contributed by atoms with E-state index in [0.29, 0.717) is 24.4 Å². The van der Waals surface area contributed by atoms with Crippen LogP contribution in [0.3, 0.4) is 0 Å². The highest BCUT2D eigenvalue weighted by Gasteiger charge is 2.07. The number of nitrogens with two attached hydrogens (primary N) is 1. The Morgan fingerprint density at radius 3 is 2.60 bits per heavy atom. The molecular formula is C11H16ClN7S. The lowest BCUT2D eigenvalue weighted by Crippen LogP contribution is -2.19. The number of hydrogen-bond acceptors (Lipinski definition) is 8. The van der Waals surface area contributed by atoms with Crippen molar-refractivity contribution in [2.45, 2.75) is 6.42 Å². The van der Waals surface area contributed by atoms with Crippen molar-refractivity contribution in [1.29, 1.82) is 0 Å². The van der Waals surface area contributed by atoms with E-state index in [1.165, 1.54) is 4.88 Å². The summed E-state index contributed by atoms with van der Waals surface area (Å²) in [6.45, 7) is 0.706. The normalized spacial score (nSPS) is 10.4. The Morgan fingerprint density at radius 2 is 2.00 bits per heavy atom. The molecule has 0 saturated carbocycles. The van der Waals surface area contributed by atoms with Crippen LogP contribution < -0.4 is 21.5 Å². The molecule has 108 valence electrons. The molecule has 0 unspecified atom stereocenters. The molecule has 9 heteroatoms. The van der Waals surface area contributed by atoms with Crippen LogP contribution in [0.2, 0.25) is 4.34 Å². The Kier molecular flexibility index (Phi) is 4.94. The smallest absolute Gasteiger partial charge is 0.243 e. The third-order valence-electron chi connectivity index (χ3n) is 2.44. The van der Waals surface area contributed by atoms with Gasteiger partial charge in [0.25, 0.3) is 0 Å². The lowest BCUT2D eigenvalue weighted by Gasteiger charge is -2.12. The molecule has 7 nitrogen and oxygen atoms in total. The van der Waals surface area contributed by atoms with Crippen molar-refractivity contribution < 1.29 is 0 Å². The second-order valence-electron chi connectivity index (χ2n) is 4.20. The van der Waals surface area contributed by atoms with Gasteiger partial charge in [-0.3, -0.25) is 5.43 Å². The molecule has 0 aliphatic rings. The highest BCUT2D eigenvalue weighted by Crippen LogP contribution is 2.21. The summed E-state index contributed by atoms with van der Waals surface area (Å²) in [4.78, 5) is 15.6. The minimum Gasteiger partial charge on any atom is -0.354 e. The Morgan fingerprint density at radius 1 is 1.25 bits per heavy atom. The van der Waals surface area contributed by atoms with E-state index in [2.05, 4.69) is 25.7 Å². The van der Waals surface area contributed by atoms with Crippen molar-refractivity contribution in [2.75, 3.05) is 36.3 Å². The van der Waals surface area contributed by atoms with Crippen LogP contribution in [0.15, 0.2) is 12.1 Å². The van der Waals surface area contributed by atoms with Crippen LogP contribution >= 0.6 is 22.9 Å². The van der Waals surface area contributed by atoms with Crippen LogP contribution in [0.5, 0.6) is 0 Å². The fourth-order valence-corrected chi connectivity index (χ4v) is 2.58. The summed E-state index contributed by atoms with van der Waals surface area (Å²) in [6.07, 6.45) is 0.853. The number of nitrogen functional groups attached to an aromatic ring is 1. The molecule has 0 aromatic carbocycles. The second-order valence-corrected chi connectivity index (χ2v) is 6.00.